The van der Waals surface area contributed by atoms with Crippen LogP contribution in [0.25, 0.3) is 21.7 Å². The second kappa shape index (κ2) is 6.60. The Balaban J connectivity index is 1.71. The fourth-order valence-electron chi connectivity index (χ4n) is 3.17. The summed E-state index contributed by atoms with van der Waals surface area (Å²) in [6.07, 6.45) is 0.966. The quantitative estimate of drug-likeness (QED) is 0.300. The molecule has 0 radical (unpaired) electrons. The van der Waals surface area contributed by atoms with Crippen molar-refractivity contribution < 1.29 is 9.21 Å². The summed E-state index contributed by atoms with van der Waals surface area (Å²) < 4.78 is 5.47. The van der Waals surface area contributed by atoms with Gasteiger partial charge in [-0.15, -0.1) is 0 Å². The second-order valence-corrected chi connectivity index (χ2v) is 6.45. The van der Waals surface area contributed by atoms with Gasteiger partial charge >= 0.3 is 5.63 Å². The lowest BCUT2D eigenvalue weighted by atomic mass is 10.0. The van der Waals surface area contributed by atoms with Gasteiger partial charge in [0, 0.05) is 22.9 Å². The molecule has 1 aromatic heterocycles. The van der Waals surface area contributed by atoms with Gasteiger partial charge in [-0.3, -0.25) is 4.79 Å². The Labute approximate surface area is 150 Å². The van der Waals surface area contributed by atoms with Crippen molar-refractivity contribution in [1.82, 2.24) is 0 Å². The maximum absolute atomic E-state index is 12.5. The summed E-state index contributed by atoms with van der Waals surface area (Å²) in [6.45, 7) is 2.07. The van der Waals surface area contributed by atoms with E-state index in [1.54, 1.807) is 6.07 Å². The first kappa shape index (κ1) is 16.3. The first-order chi connectivity index (χ1) is 12.6. The minimum Gasteiger partial charge on any atom is -0.422 e. The number of carbonyl (C=O) groups is 1. The van der Waals surface area contributed by atoms with E-state index in [2.05, 4.69) is 6.92 Å². The molecule has 0 N–H and O–H groups in total. The summed E-state index contributed by atoms with van der Waals surface area (Å²) in [6, 6.07) is 21.1. The van der Waals surface area contributed by atoms with Crippen LogP contribution in [0.3, 0.4) is 0 Å². The Kier molecular flexibility index (Phi) is 4.13. The zero-order chi connectivity index (χ0) is 18.1. The van der Waals surface area contributed by atoms with Gasteiger partial charge in [0.25, 0.3) is 0 Å². The van der Waals surface area contributed by atoms with E-state index in [1.807, 2.05) is 60.7 Å². The zero-order valence-corrected chi connectivity index (χ0v) is 14.5. The fraction of sp³-hybridized carbons (Fsp3) is 0.130. The van der Waals surface area contributed by atoms with Crippen LogP contribution >= 0.6 is 0 Å². The summed E-state index contributed by atoms with van der Waals surface area (Å²) in [4.78, 5) is 24.9. The number of aryl methyl sites for hydroxylation is 1. The van der Waals surface area contributed by atoms with E-state index < -0.39 is 5.63 Å². The van der Waals surface area contributed by atoms with Crippen LogP contribution < -0.4 is 5.63 Å². The molecule has 128 valence electrons. The molecule has 0 saturated carbocycles. The molecule has 0 unspecified atom stereocenters. The third-order valence-corrected chi connectivity index (χ3v) is 4.71. The molecule has 0 saturated heterocycles. The molecule has 0 amide bonds. The Hall–Kier alpha value is -3.20. The number of ketones is 1. The molecule has 3 heteroatoms. The van der Waals surface area contributed by atoms with Gasteiger partial charge in [0.05, 0.1) is 0 Å². The fourth-order valence-corrected chi connectivity index (χ4v) is 3.17. The maximum Gasteiger partial charge on any atom is 0.339 e. The molecular weight excluding hydrogens is 324 g/mol. The Morgan fingerprint density at radius 3 is 2.27 bits per heavy atom. The van der Waals surface area contributed by atoms with Gasteiger partial charge < -0.3 is 4.42 Å². The molecule has 4 rings (SSSR count). The topological polar surface area (TPSA) is 47.3 Å². The van der Waals surface area contributed by atoms with Gasteiger partial charge in [-0.25, -0.2) is 4.79 Å². The van der Waals surface area contributed by atoms with Crippen molar-refractivity contribution >= 4 is 27.5 Å². The standard InChI is InChI=1S/C23H18O3/c1-2-15-7-9-16(10-8-15)21(24)13-20-12-19-11-17-5-3-4-6-18(17)14-22(19)26-23(20)25/h3-12,14H,2,13H2,1H3. The molecule has 0 fully saturated rings. The van der Waals surface area contributed by atoms with Crippen LogP contribution in [0.15, 0.2) is 75.9 Å². The van der Waals surface area contributed by atoms with Crippen LogP contribution in [0.5, 0.6) is 0 Å². The minimum absolute atomic E-state index is 0.0383. The predicted molar refractivity (Wildman–Crippen MR) is 104 cm³/mol. The lowest BCUT2D eigenvalue weighted by Crippen LogP contribution is -2.13. The molecule has 0 spiro atoms. The van der Waals surface area contributed by atoms with Gasteiger partial charge in [0.1, 0.15) is 5.58 Å². The number of benzene rings is 3. The summed E-state index contributed by atoms with van der Waals surface area (Å²) >= 11 is 0. The monoisotopic (exact) mass is 342 g/mol. The van der Waals surface area contributed by atoms with Gasteiger partial charge in [0.15, 0.2) is 5.78 Å². The third kappa shape index (κ3) is 3.04. The SMILES string of the molecule is CCc1ccc(C(=O)Cc2cc3cc4ccccc4cc3oc2=O)cc1. The van der Waals surface area contributed by atoms with Crippen molar-refractivity contribution in [1.29, 1.82) is 0 Å². The molecule has 0 bridgehead atoms. The molecule has 26 heavy (non-hydrogen) atoms. The van der Waals surface area contributed by atoms with E-state index in [0.29, 0.717) is 16.7 Å². The first-order valence-electron chi connectivity index (χ1n) is 8.72. The molecule has 1 heterocycles. The highest BCUT2D eigenvalue weighted by atomic mass is 16.4. The van der Waals surface area contributed by atoms with Crippen molar-refractivity contribution in [2.45, 2.75) is 19.8 Å². The number of rotatable bonds is 4. The summed E-state index contributed by atoms with van der Waals surface area (Å²) in [5.41, 5.74) is 2.26. The lowest BCUT2D eigenvalue weighted by Gasteiger charge is -2.05. The normalized spacial score (nSPS) is 11.1. The number of hydrogen-bond acceptors (Lipinski definition) is 3. The van der Waals surface area contributed by atoms with Crippen molar-refractivity contribution in [2.24, 2.45) is 0 Å². The van der Waals surface area contributed by atoms with Crippen LogP contribution in [0.4, 0.5) is 0 Å². The van der Waals surface area contributed by atoms with Crippen molar-refractivity contribution in [3.8, 4) is 0 Å². The maximum atomic E-state index is 12.5. The van der Waals surface area contributed by atoms with E-state index in [1.165, 1.54) is 5.56 Å². The van der Waals surface area contributed by atoms with Gasteiger partial charge in [-0.1, -0.05) is 55.5 Å². The lowest BCUT2D eigenvalue weighted by molar-refractivity contribution is 0.0992. The largest absolute Gasteiger partial charge is 0.422 e. The molecule has 3 aromatic carbocycles. The van der Waals surface area contributed by atoms with Crippen molar-refractivity contribution in [3.05, 3.63) is 93.8 Å². The number of carbonyl (C=O) groups excluding carboxylic acids is 1. The van der Waals surface area contributed by atoms with Gasteiger partial charge in [-0.2, -0.15) is 0 Å². The van der Waals surface area contributed by atoms with Crippen molar-refractivity contribution in [3.63, 3.8) is 0 Å². The highest BCUT2D eigenvalue weighted by Crippen LogP contribution is 2.22. The average Bonchev–Trinajstić information content (AvgIpc) is 2.67. The first-order valence-corrected chi connectivity index (χ1v) is 8.72. The molecule has 0 aliphatic carbocycles. The zero-order valence-electron chi connectivity index (χ0n) is 14.5. The van der Waals surface area contributed by atoms with E-state index in [9.17, 15) is 9.59 Å². The summed E-state index contributed by atoms with van der Waals surface area (Å²) in [5.74, 6) is -0.0832. The highest BCUT2D eigenvalue weighted by molar-refractivity contribution is 5.99. The van der Waals surface area contributed by atoms with Crippen LogP contribution in [0, 0.1) is 0 Å². The molecule has 0 aliphatic heterocycles. The van der Waals surface area contributed by atoms with Crippen LogP contribution in [-0.4, -0.2) is 5.78 Å². The number of hydrogen-bond donors (Lipinski definition) is 0. The van der Waals surface area contributed by atoms with Crippen LogP contribution in [0.1, 0.15) is 28.4 Å². The van der Waals surface area contributed by atoms with Gasteiger partial charge in [-0.05, 0) is 41.0 Å². The van der Waals surface area contributed by atoms with Crippen LogP contribution in [-0.2, 0) is 12.8 Å². The van der Waals surface area contributed by atoms with Gasteiger partial charge in [0.2, 0.25) is 0 Å². The summed E-state index contributed by atoms with van der Waals surface area (Å²) in [7, 11) is 0. The second-order valence-electron chi connectivity index (χ2n) is 6.45. The predicted octanol–water partition coefficient (Wildman–Crippen LogP) is 4.93. The third-order valence-electron chi connectivity index (χ3n) is 4.71. The number of fused-ring (bicyclic) bond motifs is 2. The summed E-state index contributed by atoms with van der Waals surface area (Å²) in [5, 5.41) is 2.91. The molecule has 4 aromatic rings. The Morgan fingerprint density at radius 1 is 0.885 bits per heavy atom. The van der Waals surface area contributed by atoms with Crippen LogP contribution in [0.2, 0.25) is 0 Å². The Bertz CT molecular complexity index is 1170. The van der Waals surface area contributed by atoms with E-state index in [0.717, 1.165) is 22.6 Å². The number of Topliss-reactive ketones (excluding diaryl/α,β-unsaturated/α-hetero) is 1. The molecule has 0 aliphatic rings. The van der Waals surface area contributed by atoms with E-state index in [-0.39, 0.29) is 12.2 Å². The molecular formula is C23H18O3. The highest BCUT2D eigenvalue weighted by Gasteiger charge is 2.13. The van der Waals surface area contributed by atoms with Crippen molar-refractivity contribution in [2.75, 3.05) is 0 Å². The Morgan fingerprint density at radius 2 is 1.58 bits per heavy atom. The van der Waals surface area contributed by atoms with E-state index >= 15 is 0 Å². The molecule has 3 nitrogen and oxygen atoms in total. The smallest absolute Gasteiger partial charge is 0.339 e. The average molecular weight is 342 g/mol. The van der Waals surface area contributed by atoms with E-state index in [4.69, 9.17) is 4.42 Å². The molecule has 0 atom stereocenters. The minimum atomic E-state index is -0.452.